The molecule has 0 spiro atoms. The van der Waals surface area contributed by atoms with Crippen LogP contribution in [0.3, 0.4) is 0 Å². The Kier molecular flexibility index (Phi) is 6.75. The zero-order valence-corrected chi connectivity index (χ0v) is 20.0. The maximum Gasteiger partial charge on any atom is 0.255 e. The molecule has 2 saturated heterocycles. The van der Waals surface area contributed by atoms with Gasteiger partial charge in [-0.15, -0.1) is 0 Å². The summed E-state index contributed by atoms with van der Waals surface area (Å²) >= 11 is 6.25. The maximum atomic E-state index is 14.3. The lowest BCUT2D eigenvalue weighted by atomic mass is 10.0. The molecule has 2 fully saturated rings. The molecule has 1 unspecified atom stereocenters. The number of benzene rings is 2. The summed E-state index contributed by atoms with van der Waals surface area (Å²) in [5.74, 6) is -0.588. The van der Waals surface area contributed by atoms with Crippen molar-refractivity contribution in [3.05, 3.63) is 63.9 Å². The molecule has 3 aliphatic heterocycles. The molecule has 0 saturated carbocycles. The number of hydrogen-bond acceptors (Lipinski definition) is 5. The summed E-state index contributed by atoms with van der Waals surface area (Å²) < 4.78 is 20.5. The van der Waals surface area contributed by atoms with Gasteiger partial charge in [0.15, 0.2) is 0 Å². The van der Waals surface area contributed by atoms with E-state index in [1.807, 2.05) is 6.07 Å². The predicted molar refractivity (Wildman–Crippen MR) is 127 cm³/mol. The highest BCUT2D eigenvalue weighted by Crippen LogP contribution is 2.31. The molecule has 7 nitrogen and oxygen atoms in total. The molecule has 0 radical (unpaired) electrons. The minimum Gasteiger partial charge on any atom is -0.492 e. The molecule has 0 aromatic heterocycles. The number of piperidine rings is 2. The molecule has 2 aromatic carbocycles. The summed E-state index contributed by atoms with van der Waals surface area (Å²) in [6, 6.07) is 9.58. The Morgan fingerprint density at radius 2 is 1.97 bits per heavy atom. The van der Waals surface area contributed by atoms with Crippen LogP contribution in [0.25, 0.3) is 0 Å². The van der Waals surface area contributed by atoms with Gasteiger partial charge in [0.25, 0.3) is 5.91 Å². The third-order valence-electron chi connectivity index (χ3n) is 7.11. The van der Waals surface area contributed by atoms with Crippen LogP contribution in [0, 0.1) is 5.82 Å². The lowest BCUT2D eigenvalue weighted by molar-refractivity contribution is -0.136. The second-order valence-electron chi connectivity index (χ2n) is 9.35. The minimum absolute atomic E-state index is 0.120. The third kappa shape index (κ3) is 4.90. The van der Waals surface area contributed by atoms with Gasteiger partial charge >= 0.3 is 0 Å². The molecule has 184 valence electrons. The molecular weight excluding hydrogens is 473 g/mol. The van der Waals surface area contributed by atoms with E-state index in [0.717, 1.165) is 31.4 Å². The Labute approximate surface area is 208 Å². The molecule has 35 heavy (non-hydrogen) atoms. The summed E-state index contributed by atoms with van der Waals surface area (Å²) in [5, 5.41) is 2.75. The van der Waals surface area contributed by atoms with Gasteiger partial charge < -0.3 is 9.64 Å². The number of halogens is 2. The van der Waals surface area contributed by atoms with Crippen molar-refractivity contribution in [1.82, 2.24) is 15.1 Å². The van der Waals surface area contributed by atoms with Crippen LogP contribution in [0.2, 0.25) is 5.02 Å². The number of ether oxygens (including phenoxy) is 1. The van der Waals surface area contributed by atoms with Crippen molar-refractivity contribution in [2.24, 2.45) is 0 Å². The number of fused-ring (bicyclic) bond motifs is 1. The fraction of sp³-hybridized carbons (Fsp3) is 0.423. The van der Waals surface area contributed by atoms with Crippen LogP contribution in [-0.4, -0.2) is 52.8 Å². The zero-order chi connectivity index (χ0) is 24.5. The quantitative estimate of drug-likeness (QED) is 0.613. The van der Waals surface area contributed by atoms with Gasteiger partial charge in [-0.3, -0.25) is 24.6 Å². The van der Waals surface area contributed by atoms with Crippen LogP contribution in [0.1, 0.15) is 53.6 Å². The summed E-state index contributed by atoms with van der Waals surface area (Å²) in [7, 11) is 0. The van der Waals surface area contributed by atoms with Crippen molar-refractivity contribution in [3.8, 4) is 5.75 Å². The summed E-state index contributed by atoms with van der Waals surface area (Å²) in [5.41, 5.74) is 1.86. The molecule has 1 N–H and O–H groups in total. The van der Waals surface area contributed by atoms with E-state index >= 15 is 0 Å². The highest BCUT2D eigenvalue weighted by Gasteiger charge is 2.39. The van der Waals surface area contributed by atoms with Gasteiger partial charge in [-0.05, 0) is 61.7 Å². The SMILES string of the molecule is O=C1CCC(N2Cc3cc(OC[C@@H]4CCCCN4Cc4c(F)cccc4Cl)ccc3C2=O)C(=O)N1. The molecule has 5 rings (SSSR count). The molecule has 3 aliphatic rings. The summed E-state index contributed by atoms with van der Waals surface area (Å²) in [6.07, 6.45) is 3.62. The van der Waals surface area contributed by atoms with Gasteiger partial charge in [0.05, 0.1) is 0 Å². The number of nitrogens with one attached hydrogen (secondary N) is 1. The topological polar surface area (TPSA) is 79.0 Å². The van der Waals surface area contributed by atoms with E-state index in [1.165, 1.54) is 11.0 Å². The van der Waals surface area contributed by atoms with Crippen LogP contribution < -0.4 is 10.1 Å². The Balaban J connectivity index is 1.24. The second-order valence-corrected chi connectivity index (χ2v) is 9.76. The van der Waals surface area contributed by atoms with Crippen molar-refractivity contribution in [1.29, 1.82) is 0 Å². The standard InChI is InChI=1S/C26H27ClFN3O4/c27-21-5-3-6-22(28)20(21)14-30-11-2-1-4-17(30)15-35-18-7-8-19-16(12-18)13-31(26(19)34)23-9-10-24(32)29-25(23)33/h3,5-8,12,17,23H,1-2,4,9-11,13-15H2,(H,29,32,33)/t17-,23?/m0/s1. The molecule has 3 heterocycles. The number of rotatable bonds is 6. The number of nitrogens with zero attached hydrogens (tertiary/aromatic N) is 2. The smallest absolute Gasteiger partial charge is 0.255 e. The van der Waals surface area contributed by atoms with Crippen LogP contribution in [0.15, 0.2) is 36.4 Å². The first-order valence-electron chi connectivity index (χ1n) is 12.0. The lowest BCUT2D eigenvalue weighted by Crippen LogP contribution is -2.52. The number of carbonyl (C=O) groups is 3. The van der Waals surface area contributed by atoms with Gasteiger partial charge in [0, 0.05) is 41.7 Å². The van der Waals surface area contributed by atoms with Gasteiger partial charge in [0.1, 0.15) is 24.2 Å². The first-order valence-corrected chi connectivity index (χ1v) is 12.4. The number of likely N-dealkylation sites (tertiary alicyclic amines) is 1. The van der Waals surface area contributed by atoms with E-state index in [4.69, 9.17) is 16.3 Å². The first kappa shape index (κ1) is 23.8. The van der Waals surface area contributed by atoms with Crippen molar-refractivity contribution in [2.45, 2.75) is 57.3 Å². The first-order chi connectivity index (χ1) is 16.9. The normalized spacial score (nSPS) is 22.8. The zero-order valence-electron chi connectivity index (χ0n) is 19.3. The van der Waals surface area contributed by atoms with E-state index in [0.29, 0.717) is 48.0 Å². The van der Waals surface area contributed by atoms with Gasteiger partial charge in [-0.2, -0.15) is 0 Å². The average Bonchev–Trinajstić information content (AvgIpc) is 3.16. The minimum atomic E-state index is -0.641. The summed E-state index contributed by atoms with van der Waals surface area (Å²) in [6.45, 7) is 2.02. The molecule has 2 atom stereocenters. The molecule has 2 aromatic rings. The molecule has 0 bridgehead atoms. The fourth-order valence-corrected chi connectivity index (χ4v) is 5.40. The predicted octanol–water partition coefficient (Wildman–Crippen LogP) is 3.67. The van der Waals surface area contributed by atoms with E-state index in [9.17, 15) is 18.8 Å². The van der Waals surface area contributed by atoms with Crippen molar-refractivity contribution in [2.75, 3.05) is 13.2 Å². The molecule has 0 aliphatic carbocycles. The van der Waals surface area contributed by atoms with Crippen LogP contribution in [0.4, 0.5) is 4.39 Å². The van der Waals surface area contributed by atoms with Crippen molar-refractivity contribution < 1.29 is 23.5 Å². The number of amides is 3. The van der Waals surface area contributed by atoms with E-state index < -0.39 is 11.9 Å². The monoisotopic (exact) mass is 499 g/mol. The van der Waals surface area contributed by atoms with E-state index in [-0.39, 0.29) is 30.1 Å². The second kappa shape index (κ2) is 9.95. The van der Waals surface area contributed by atoms with Crippen molar-refractivity contribution >= 4 is 29.3 Å². The Hall–Kier alpha value is -2.97. The molecule has 3 amide bonds. The Morgan fingerprint density at radius 3 is 2.77 bits per heavy atom. The highest BCUT2D eigenvalue weighted by molar-refractivity contribution is 6.31. The Morgan fingerprint density at radius 1 is 1.11 bits per heavy atom. The lowest BCUT2D eigenvalue weighted by Gasteiger charge is -2.35. The summed E-state index contributed by atoms with van der Waals surface area (Å²) in [4.78, 5) is 40.3. The number of carbonyl (C=O) groups excluding carboxylic acids is 3. The van der Waals surface area contributed by atoms with Gasteiger partial charge in [-0.25, -0.2) is 4.39 Å². The van der Waals surface area contributed by atoms with Crippen LogP contribution in [0.5, 0.6) is 5.75 Å². The fourth-order valence-electron chi connectivity index (χ4n) is 5.18. The van der Waals surface area contributed by atoms with E-state index in [1.54, 1.807) is 24.3 Å². The maximum absolute atomic E-state index is 14.3. The molecular formula is C26H27ClFN3O4. The highest BCUT2D eigenvalue weighted by atomic mass is 35.5. The van der Waals surface area contributed by atoms with Gasteiger partial charge in [0.2, 0.25) is 11.8 Å². The van der Waals surface area contributed by atoms with E-state index in [2.05, 4.69) is 10.2 Å². The third-order valence-corrected chi connectivity index (χ3v) is 7.46. The number of imide groups is 1. The number of hydrogen-bond donors (Lipinski definition) is 1. The van der Waals surface area contributed by atoms with Crippen molar-refractivity contribution in [3.63, 3.8) is 0 Å². The molecule has 9 heteroatoms. The van der Waals surface area contributed by atoms with Crippen LogP contribution >= 0.6 is 11.6 Å². The van der Waals surface area contributed by atoms with Gasteiger partial charge in [-0.1, -0.05) is 24.1 Å². The van der Waals surface area contributed by atoms with Crippen LogP contribution in [-0.2, 0) is 22.7 Å². The average molecular weight is 500 g/mol. The Bertz CT molecular complexity index is 1150. The largest absolute Gasteiger partial charge is 0.492 e.